The van der Waals surface area contributed by atoms with Crippen molar-refractivity contribution in [3.8, 4) is 5.75 Å². The summed E-state index contributed by atoms with van der Waals surface area (Å²) in [6.45, 7) is 2.27. The van der Waals surface area contributed by atoms with E-state index in [0.29, 0.717) is 27.4 Å². The maximum atomic E-state index is 11.1. The van der Waals surface area contributed by atoms with Crippen molar-refractivity contribution in [2.24, 2.45) is 0 Å². The number of benzene rings is 1. The van der Waals surface area contributed by atoms with E-state index >= 15 is 0 Å². The Morgan fingerprint density at radius 1 is 1.25 bits per heavy atom. The van der Waals surface area contributed by atoms with Crippen molar-refractivity contribution in [1.29, 1.82) is 0 Å². The highest BCUT2D eigenvalue weighted by Gasteiger charge is 2.08. The molecule has 1 aromatic carbocycles. The fourth-order valence-corrected chi connectivity index (χ4v) is 1.60. The lowest BCUT2D eigenvalue weighted by Gasteiger charge is -2.08. The third-order valence-corrected chi connectivity index (χ3v) is 2.73. The van der Waals surface area contributed by atoms with Gasteiger partial charge in [0.1, 0.15) is 5.75 Å². The first-order valence-corrected chi connectivity index (χ1v) is 5.72. The quantitative estimate of drug-likeness (QED) is 0.862. The summed E-state index contributed by atoms with van der Waals surface area (Å²) >= 11 is 17.4. The minimum absolute atomic E-state index is 0.106. The zero-order valence-corrected chi connectivity index (χ0v) is 10.8. The van der Waals surface area contributed by atoms with Gasteiger partial charge >= 0.3 is 0 Å². The zero-order valence-electron chi connectivity index (χ0n) is 8.52. The molecule has 3 nitrogen and oxygen atoms in total. The third-order valence-electron chi connectivity index (χ3n) is 1.71. The van der Waals surface area contributed by atoms with E-state index in [1.54, 1.807) is 0 Å². The first kappa shape index (κ1) is 13.4. The van der Waals surface area contributed by atoms with E-state index in [-0.39, 0.29) is 12.5 Å². The molecule has 0 heterocycles. The lowest BCUT2D eigenvalue weighted by molar-refractivity contribution is -0.122. The van der Waals surface area contributed by atoms with Crippen LogP contribution in [0.4, 0.5) is 0 Å². The first-order chi connectivity index (χ1) is 7.54. The highest BCUT2D eigenvalue weighted by Crippen LogP contribution is 2.33. The number of nitrogens with one attached hydrogen (secondary N) is 1. The third kappa shape index (κ3) is 3.74. The molecule has 16 heavy (non-hydrogen) atoms. The molecule has 0 spiro atoms. The summed E-state index contributed by atoms with van der Waals surface area (Å²) in [7, 11) is 0. The van der Waals surface area contributed by atoms with Crippen molar-refractivity contribution in [2.45, 2.75) is 6.92 Å². The topological polar surface area (TPSA) is 38.3 Å². The van der Waals surface area contributed by atoms with Crippen molar-refractivity contribution in [1.82, 2.24) is 5.32 Å². The van der Waals surface area contributed by atoms with E-state index in [0.717, 1.165) is 0 Å². The molecule has 0 bridgehead atoms. The number of amides is 1. The molecule has 0 aliphatic rings. The molecule has 0 aliphatic heterocycles. The van der Waals surface area contributed by atoms with Crippen LogP contribution in [0.25, 0.3) is 0 Å². The minimum Gasteiger partial charge on any atom is -0.482 e. The Hall–Kier alpha value is -0.640. The van der Waals surface area contributed by atoms with Crippen molar-refractivity contribution in [3.05, 3.63) is 27.2 Å². The Bertz CT molecular complexity index is 396. The Kier molecular flexibility index (Phi) is 5.19. The van der Waals surface area contributed by atoms with Gasteiger partial charge in [0.05, 0.1) is 15.1 Å². The summed E-state index contributed by atoms with van der Waals surface area (Å²) < 4.78 is 5.20. The molecule has 0 radical (unpaired) electrons. The molecular weight excluding hydrogens is 272 g/mol. The van der Waals surface area contributed by atoms with E-state index in [4.69, 9.17) is 39.5 Å². The normalized spacial score (nSPS) is 10.0. The van der Waals surface area contributed by atoms with Gasteiger partial charge in [-0.15, -0.1) is 0 Å². The highest BCUT2D eigenvalue weighted by molar-refractivity contribution is 6.43. The monoisotopic (exact) mass is 281 g/mol. The van der Waals surface area contributed by atoms with Crippen LogP contribution in [0.5, 0.6) is 5.75 Å². The lowest BCUT2D eigenvalue weighted by atomic mass is 10.3. The maximum absolute atomic E-state index is 11.1. The van der Waals surface area contributed by atoms with Crippen LogP contribution in [0.1, 0.15) is 6.92 Å². The Morgan fingerprint density at radius 2 is 1.88 bits per heavy atom. The molecular formula is C10H10Cl3NO2. The molecule has 0 atom stereocenters. The van der Waals surface area contributed by atoms with Gasteiger partial charge in [-0.1, -0.05) is 34.8 Å². The van der Waals surface area contributed by atoms with E-state index < -0.39 is 0 Å². The number of rotatable bonds is 4. The van der Waals surface area contributed by atoms with Crippen LogP contribution in [0, 0.1) is 0 Å². The SMILES string of the molecule is CCNC(=O)COc1cc(Cl)c(Cl)cc1Cl. The van der Waals surface area contributed by atoms with Gasteiger partial charge < -0.3 is 10.1 Å². The van der Waals surface area contributed by atoms with Gasteiger partial charge in [-0.25, -0.2) is 0 Å². The number of carbonyl (C=O) groups excluding carboxylic acids is 1. The smallest absolute Gasteiger partial charge is 0.257 e. The van der Waals surface area contributed by atoms with Crippen molar-refractivity contribution in [3.63, 3.8) is 0 Å². The molecule has 1 N–H and O–H groups in total. The van der Waals surface area contributed by atoms with Crippen molar-refractivity contribution in [2.75, 3.05) is 13.2 Å². The Balaban J connectivity index is 2.67. The van der Waals surface area contributed by atoms with Crippen LogP contribution in [0.2, 0.25) is 15.1 Å². The van der Waals surface area contributed by atoms with Gasteiger partial charge in [-0.05, 0) is 13.0 Å². The zero-order chi connectivity index (χ0) is 12.1. The molecule has 1 aromatic rings. The van der Waals surface area contributed by atoms with Crippen LogP contribution < -0.4 is 10.1 Å². The molecule has 6 heteroatoms. The standard InChI is InChI=1S/C10H10Cl3NO2/c1-2-14-10(15)5-16-9-4-7(12)6(11)3-8(9)13/h3-4H,2,5H2,1H3,(H,14,15). The molecule has 0 saturated heterocycles. The number of halogens is 3. The summed E-state index contributed by atoms with van der Waals surface area (Å²) in [5, 5.41) is 3.59. The largest absolute Gasteiger partial charge is 0.482 e. The molecule has 0 aliphatic carbocycles. The summed E-state index contributed by atoms with van der Waals surface area (Å²) in [5.41, 5.74) is 0. The van der Waals surface area contributed by atoms with Crippen LogP contribution in [0.15, 0.2) is 12.1 Å². The van der Waals surface area contributed by atoms with E-state index in [9.17, 15) is 4.79 Å². The average molecular weight is 283 g/mol. The number of likely N-dealkylation sites (N-methyl/N-ethyl adjacent to an activating group) is 1. The summed E-state index contributed by atoms with van der Waals surface area (Å²) in [6.07, 6.45) is 0. The second-order valence-electron chi connectivity index (χ2n) is 2.94. The lowest BCUT2D eigenvalue weighted by Crippen LogP contribution is -2.28. The van der Waals surface area contributed by atoms with Crippen LogP contribution in [0.3, 0.4) is 0 Å². The van der Waals surface area contributed by atoms with Crippen molar-refractivity contribution < 1.29 is 9.53 Å². The number of carbonyl (C=O) groups is 1. The molecule has 0 saturated carbocycles. The summed E-state index contributed by atoms with van der Waals surface area (Å²) in [4.78, 5) is 11.1. The summed E-state index contributed by atoms with van der Waals surface area (Å²) in [6, 6.07) is 2.95. The molecule has 1 amide bonds. The van der Waals surface area contributed by atoms with Gasteiger partial charge in [-0.2, -0.15) is 0 Å². The van der Waals surface area contributed by atoms with Crippen LogP contribution in [-0.2, 0) is 4.79 Å². The van der Waals surface area contributed by atoms with E-state index in [2.05, 4.69) is 5.32 Å². The summed E-state index contributed by atoms with van der Waals surface area (Å²) in [5.74, 6) is 0.118. The van der Waals surface area contributed by atoms with Crippen molar-refractivity contribution >= 4 is 40.7 Å². The number of hydrogen-bond donors (Lipinski definition) is 1. The predicted molar refractivity (Wildman–Crippen MR) is 65.7 cm³/mol. The Morgan fingerprint density at radius 3 is 2.50 bits per heavy atom. The second-order valence-corrected chi connectivity index (χ2v) is 4.16. The molecule has 0 aromatic heterocycles. The van der Waals surface area contributed by atoms with Gasteiger partial charge in [0, 0.05) is 12.6 Å². The predicted octanol–water partition coefficient (Wildman–Crippen LogP) is 3.16. The molecule has 0 fully saturated rings. The number of hydrogen-bond acceptors (Lipinski definition) is 2. The van der Waals surface area contributed by atoms with E-state index in [1.807, 2.05) is 6.92 Å². The Labute approximate surface area is 109 Å². The van der Waals surface area contributed by atoms with Gasteiger partial charge in [0.2, 0.25) is 0 Å². The van der Waals surface area contributed by atoms with Gasteiger partial charge in [0.25, 0.3) is 5.91 Å². The van der Waals surface area contributed by atoms with Crippen LogP contribution >= 0.6 is 34.8 Å². The fraction of sp³-hybridized carbons (Fsp3) is 0.300. The average Bonchev–Trinajstić information content (AvgIpc) is 2.22. The molecule has 88 valence electrons. The molecule has 1 rings (SSSR count). The molecule has 0 unspecified atom stereocenters. The van der Waals surface area contributed by atoms with Crippen LogP contribution in [-0.4, -0.2) is 19.1 Å². The van der Waals surface area contributed by atoms with Gasteiger partial charge in [-0.3, -0.25) is 4.79 Å². The van der Waals surface area contributed by atoms with Gasteiger partial charge in [0.15, 0.2) is 6.61 Å². The fourth-order valence-electron chi connectivity index (χ4n) is 1.01. The van der Waals surface area contributed by atoms with E-state index in [1.165, 1.54) is 12.1 Å². The second kappa shape index (κ2) is 6.18. The number of ether oxygens (including phenoxy) is 1. The minimum atomic E-state index is -0.218. The first-order valence-electron chi connectivity index (χ1n) is 4.58. The highest BCUT2D eigenvalue weighted by atomic mass is 35.5. The maximum Gasteiger partial charge on any atom is 0.257 e.